The maximum Gasteiger partial charge on any atom is 0.328 e. The molecule has 0 aliphatic heterocycles. The molecule has 0 bridgehead atoms. The fraction of sp³-hybridized carbons (Fsp3) is 0.0769. The van der Waals surface area contributed by atoms with Crippen LogP contribution in [0.15, 0.2) is 43.0 Å². The van der Waals surface area contributed by atoms with Gasteiger partial charge < -0.3 is 15.2 Å². The number of benzene rings is 1. The Labute approximate surface area is 120 Å². The van der Waals surface area contributed by atoms with Crippen molar-refractivity contribution in [2.75, 3.05) is 12.8 Å². The fourth-order valence-corrected chi connectivity index (χ4v) is 1.65. The molecule has 0 radical (unpaired) electrons. The van der Waals surface area contributed by atoms with Gasteiger partial charge in [0.05, 0.1) is 7.11 Å². The molecule has 0 fully saturated rings. The Morgan fingerprint density at radius 1 is 1.05 bits per heavy atom. The number of nitrogen functional groups attached to an aromatic ring is 1. The quantitative estimate of drug-likeness (QED) is 0.773. The first-order valence-electron chi connectivity index (χ1n) is 6.06. The molecule has 0 spiro atoms. The summed E-state index contributed by atoms with van der Waals surface area (Å²) >= 11 is 0. The van der Waals surface area contributed by atoms with Crippen LogP contribution in [0.3, 0.4) is 0 Å². The largest absolute Gasteiger partial charge is 0.497 e. The molecule has 1 aromatic carbocycles. The lowest BCUT2D eigenvalue weighted by atomic mass is 10.3. The summed E-state index contributed by atoms with van der Waals surface area (Å²) in [6.07, 6.45) is 4.88. The summed E-state index contributed by atoms with van der Waals surface area (Å²) in [4.78, 5) is 16.1. The van der Waals surface area contributed by atoms with E-state index in [9.17, 15) is 0 Å². The smallest absolute Gasteiger partial charge is 0.328 e. The third-order valence-corrected chi connectivity index (χ3v) is 2.62. The highest BCUT2D eigenvalue weighted by Crippen LogP contribution is 2.21. The van der Waals surface area contributed by atoms with Gasteiger partial charge in [-0.2, -0.15) is 15.0 Å². The summed E-state index contributed by atoms with van der Waals surface area (Å²) in [5.74, 6) is 1.70. The van der Waals surface area contributed by atoms with E-state index in [-0.39, 0.29) is 12.0 Å². The summed E-state index contributed by atoms with van der Waals surface area (Å²) in [5, 5.41) is 0. The molecule has 0 saturated carbocycles. The van der Waals surface area contributed by atoms with Gasteiger partial charge in [-0.15, -0.1) is 0 Å². The van der Waals surface area contributed by atoms with Gasteiger partial charge in [0.2, 0.25) is 11.9 Å². The third-order valence-electron chi connectivity index (χ3n) is 2.62. The number of methoxy groups -OCH3 is 1. The second-order valence-corrected chi connectivity index (χ2v) is 4.02. The number of anilines is 1. The summed E-state index contributed by atoms with van der Waals surface area (Å²) in [6.45, 7) is 0. The zero-order valence-corrected chi connectivity index (χ0v) is 11.2. The SMILES string of the molecule is COc1ccc(Oc2nc(N)nc(-n3ccnc3)n2)cc1. The van der Waals surface area contributed by atoms with Crippen molar-refractivity contribution >= 4 is 5.95 Å². The van der Waals surface area contributed by atoms with Gasteiger partial charge in [-0.1, -0.05) is 0 Å². The van der Waals surface area contributed by atoms with Gasteiger partial charge in [-0.25, -0.2) is 4.98 Å². The summed E-state index contributed by atoms with van der Waals surface area (Å²) < 4.78 is 12.3. The van der Waals surface area contributed by atoms with Crippen molar-refractivity contribution in [1.82, 2.24) is 24.5 Å². The van der Waals surface area contributed by atoms with Crippen molar-refractivity contribution in [3.63, 3.8) is 0 Å². The lowest BCUT2D eigenvalue weighted by Crippen LogP contribution is -2.06. The van der Waals surface area contributed by atoms with E-state index in [0.29, 0.717) is 11.7 Å². The lowest BCUT2D eigenvalue weighted by Gasteiger charge is -2.07. The minimum absolute atomic E-state index is 0.0669. The van der Waals surface area contributed by atoms with E-state index in [2.05, 4.69) is 19.9 Å². The average Bonchev–Trinajstić information content (AvgIpc) is 3.02. The predicted molar refractivity (Wildman–Crippen MR) is 74.4 cm³/mol. The predicted octanol–water partition coefficient (Wildman–Crippen LogP) is 1.44. The van der Waals surface area contributed by atoms with E-state index in [0.717, 1.165) is 5.75 Å². The number of aromatic nitrogens is 5. The van der Waals surface area contributed by atoms with Crippen LogP contribution in [0.25, 0.3) is 5.95 Å². The van der Waals surface area contributed by atoms with Crippen molar-refractivity contribution in [3.05, 3.63) is 43.0 Å². The van der Waals surface area contributed by atoms with Crippen molar-refractivity contribution in [1.29, 1.82) is 0 Å². The van der Waals surface area contributed by atoms with E-state index in [1.807, 2.05) is 0 Å². The first kappa shape index (κ1) is 12.9. The molecule has 8 nitrogen and oxygen atoms in total. The molecule has 0 saturated heterocycles. The molecule has 0 aliphatic carbocycles. The topological polar surface area (TPSA) is 101 Å². The number of nitrogens with two attached hydrogens (primary N) is 1. The van der Waals surface area contributed by atoms with Crippen LogP contribution in [-0.2, 0) is 0 Å². The molecule has 3 aromatic rings. The van der Waals surface area contributed by atoms with Crippen molar-refractivity contribution in [3.8, 4) is 23.5 Å². The van der Waals surface area contributed by atoms with Crippen molar-refractivity contribution in [2.24, 2.45) is 0 Å². The fourth-order valence-electron chi connectivity index (χ4n) is 1.65. The molecular formula is C13H12N6O2. The van der Waals surface area contributed by atoms with Crippen LogP contribution in [0, 0.1) is 0 Å². The number of hydrogen-bond donors (Lipinski definition) is 1. The van der Waals surface area contributed by atoms with E-state index >= 15 is 0 Å². The van der Waals surface area contributed by atoms with Gasteiger partial charge in [-0.05, 0) is 24.3 Å². The number of ether oxygens (including phenoxy) is 2. The molecule has 2 heterocycles. The monoisotopic (exact) mass is 284 g/mol. The Hall–Kier alpha value is -3.16. The molecule has 106 valence electrons. The highest BCUT2D eigenvalue weighted by atomic mass is 16.5. The molecule has 3 rings (SSSR count). The molecule has 0 amide bonds. The lowest BCUT2D eigenvalue weighted by molar-refractivity contribution is 0.410. The minimum atomic E-state index is 0.0669. The first-order chi connectivity index (χ1) is 10.2. The number of nitrogens with zero attached hydrogens (tertiary/aromatic N) is 5. The van der Waals surface area contributed by atoms with Crippen LogP contribution in [0.1, 0.15) is 0 Å². The Bertz CT molecular complexity index is 727. The van der Waals surface area contributed by atoms with Crippen LogP contribution in [0.5, 0.6) is 17.5 Å². The normalized spacial score (nSPS) is 10.3. The maximum atomic E-state index is 5.67. The van der Waals surface area contributed by atoms with E-state index in [4.69, 9.17) is 15.2 Å². The van der Waals surface area contributed by atoms with Gasteiger partial charge in [0.15, 0.2) is 0 Å². The minimum Gasteiger partial charge on any atom is -0.497 e. The van der Waals surface area contributed by atoms with Gasteiger partial charge in [0.1, 0.15) is 17.8 Å². The molecule has 8 heteroatoms. The highest BCUT2D eigenvalue weighted by Gasteiger charge is 2.08. The van der Waals surface area contributed by atoms with Crippen molar-refractivity contribution in [2.45, 2.75) is 0 Å². The Morgan fingerprint density at radius 3 is 2.48 bits per heavy atom. The number of imidazole rings is 1. The van der Waals surface area contributed by atoms with Crippen molar-refractivity contribution < 1.29 is 9.47 Å². The average molecular weight is 284 g/mol. The summed E-state index contributed by atoms with van der Waals surface area (Å²) in [6, 6.07) is 7.15. The van der Waals surface area contributed by atoms with E-state index in [1.165, 1.54) is 0 Å². The molecule has 2 aromatic heterocycles. The van der Waals surface area contributed by atoms with E-state index < -0.39 is 0 Å². The van der Waals surface area contributed by atoms with Crippen LogP contribution in [0.4, 0.5) is 5.95 Å². The molecular weight excluding hydrogens is 272 g/mol. The number of hydrogen-bond acceptors (Lipinski definition) is 7. The zero-order valence-electron chi connectivity index (χ0n) is 11.2. The Kier molecular flexibility index (Phi) is 3.34. The van der Waals surface area contributed by atoms with E-state index in [1.54, 1.807) is 54.7 Å². The second kappa shape index (κ2) is 5.45. The molecule has 0 atom stereocenters. The second-order valence-electron chi connectivity index (χ2n) is 4.02. The van der Waals surface area contributed by atoms with Crippen LogP contribution < -0.4 is 15.2 Å². The van der Waals surface area contributed by atoms with Gasteiger partial charge in [0, 0.05) is 12.4 Å². The van der Waals surface area contributed by atoms with Crippen LogP contribution in [0.2, 0.25) is 0 Å². The molecule has 21 heavy (non-hydrogen) atoms. The molecule has 0 unspecified atom stereocenters. The summed E-state index contributed by atoms with van der Waals surface area (Å²) in [7, 11) is 1.60. The molecule has 0 aliphatic rings. The highest BCUT2D eigenvalue weighted by molar-refractivity contribution is 5.34. The third kappa shape index (κ3) is 2.89. The zero-order chi connectivity index (χ0) is 14.7. The Balaban J connectivity index is 1.88. The Morgan fingerprint density at radius 2 is 1.81 bits per heavy atom. The summed E-state index contributed by atoms with van der Waals surface area (Å²) in [5.41, 5.74) is 5.67. The first-order valence-corrected chi connectivity index (χ1v) is 6.06. The molecule has 2 N–H and O–H groups in total. The van der Waals surface area contributed by atoms with Gasteiger partial charge in [-0.3, -0.25) is 4.57 Å². The number of rotatable bonds is 4. The van der Waals surface area contributed by atoms with Crippen LogP contribution in [-0.4, -0.2) is 31.6 Å². The standard InChI is InChI=1S/C13H12N6O2/c1-20-9-2-4-10(5-3-9)21-13-17-11(14)16-12(18-13)19-7-6-15-8-19/h2-8H,1H3,(H2,14,16,17,18). The van der Waals surface area contributed by atoms with Crippen LogP contribution >= 0.6 is 0 Å². The van der Waals surface area contributed by atoms with Gasteiger partial charge >= 0.3 is 6.01 Å². The van der Waals surface area contributed by atoms with Gasteiger partial charge in [0.25, 0.3) is 0 Å². The maximum absolute atomic E-state index is 5.67.